The van der Waals surface area contributed by atoms with Crippen LogP contribution in [0.5, 0.6) is 0 Å². The van der Waals surface area contributed by atoms with Crippen molar-refractivity contribution < 1.29 is 0 Å². The molecule has 70 valence electrons. The van der Waals surface area contributed by atoms with E-state index in [1.54, 1.807) is 11.3 Å². The fourth-order valence-electron chi connectivity index (χ4n) is 0.864. The van der Waals surface area contributed by atoms with Crippen LogP contribution in [-0.2, 0) is 6.42 Å². The summed E-state index contributed by atoms with van der Waals surface area (Å²) >= 11 is 5.18. The maximum absolute atomic E-state index is 5.81. The Kier molecular flexibility index (Phi) is 6.19. The molecular formula is C8H13BrClNS. The Hall–Kier alpha value is 0.430. The van der Waals surface area contributed by atoms with Crippen LogP contribution in [0.3, 0.4) is 0 Å². The van der Waals surface area contributed by atoms with E-state index in [9.17, 15) is 0 Å². The number of halogens is 2. The topological polar surface area (TPSA) is 26.0 Å². The van der Waals surface area contributed by atoms with Crippen molar-refractivity contribution >= 4 is 39.7 Å². The zero-order valence-electron chi connectivity index (χ0n) is 6.92. The Morgan fingerprint density at radius 2 is 2.33 bits per heavy atom. The molecule has 4 heteroatoms. The van der Waals surface area contributed by atoms with Crippen LogP contribution in [0.15, 0.2) is 15.9 Å². The molecule has 0 saturated carbocycles. The van der Waals surface area contributed by atoms with Crippen molar-refractivity contribution in [2.75, 3.05) is 0 Å². The highest BCUT2D eigenvalue weighted by Crippen LogP contribution is 2.20. The van der Waals surface area contributed by atoms with Gasteiger partial charge in [0, 0.05) is 20.8 Å². The Morgan fingerprint density at radius 3 is 2.75 bits per heavy atom. The Balaban J connectivity index is 0.00000121. The van der Waals surface area contributed by atoms with Crippen molar-refractivity contribution in [3.05, 3.63) is 20.8 Å². The van der Waals surface area contributed by atoms with Crippen LogP contribution in [0.2, 0.25) is 0 Å². The lowest BCUT2D eigenvalue weighted by Crippen LogP contribution is -2.20. The normalized spacial score (nSPS) is 12.2. The minimum Gasteiger partial charge on any atom is -0.327 e. The number of nitrogens with two attached hydrogens (primary N) is 1. The van der Waals surface area contributed by atoms with E-state index in [1.807, 2.05) is 0 Å². The average Bonchev–Trinajstić information content (AvgIpc) is 2.35. The average molecular weight is 271 g/mol. The minimum atomic E-state index is 0. The van der Waals surface area contributed by atoms with E-state index in [-0.39, 0.29) is 12.4 Å². The molecule has 2 N–H and O–H groups in total. The SMILES string of the molecule is CCC(N)Cc1cc(Br)cs1.Cl. The van der Waals surface area contributed by atoms with Crippen molar-refractivity contribution in [2.45, 2.75) is 25.8 Å². The number of hydrogen-bond donors (Lipinski definition) is 1. The van der Waals surface area contributed by atoms with E-state index in [0.29, 0.717) is 6.04 Å². The van der Waals surface area contributed by atoms with Gasteiger partial charge < -0.3 is 5.73 Å². The molecule has 1 heterocycles. The highest BCUT2D eigenvalue weighted by molar-refractivity contribution is 9.10. The molecule has 1 atom stereocenters. The van der Waals surface area contributed by atoms with Crippen molar-refractivity contribution in [1.82, 2.24) is 0 Å². The lowest BCUT2D eigenvalue weighted by Gasteiger charge is -2.04. The maximum Gasteiger partial charge on any atom is 0.0285 e. The van der Waals surface area contributed by atoms with E-state index in [1.165, 1.54) is 9.35 Å². The van der Waals surface area contributed by atoms with E-state index >= 15 is 0 Å². The molecule has 0 aliphatic carbocycles. The first-order valence-corrected chi connectivity index (χ1v) is 5.38. The first kappa shape index (κ1) is 12.4. The summed E-state index contributed by atoms with van der Waals surface area (Å²) in [6, 6.07) is 2.46. The van der Waals surface area contributed by atoms with Gasteiger partial charge in [0.05, 0.1) is 0 Å². The highest BCUT2D eigenvalue weighted by Gasteiger charge is 2.02. The third-order valence-electron chi connectivity index (χ3n) is 1.61. The zero-order valence-corrected chi connectivity index (χ0v) is 10.1. The van der Waals surface area contributed by atoms with Crippen molar-refractivity contribution in [2.24, 2.45) is 5.73 Å². The summed E-state index contributed by atoms with van der Waals surface area (Å²) in [4.78, 5) is 1.37. The summed E-state index contributed by atoms with van der Waals surface area (Å²) in [6.07, 6.45) is 2.06. The Bertz CT molecular complexity index is 227. The summed E-state index contributed by atoms with van der Waals surface area (Å²) < 4.78 is 1.17. The van der Waals surface area contributed by atoms with Gasteiger partial charge in [-0.2, -0.15) is 0 Å². The summed E-state index contributed by atoms with van der Waals surface area (Å²) in [7, 11) is 0. The Labute approximate surface area is 91.9 Å². The monoisotopic (exact) mass is 269 g/mol. The summed E-state index contributed by atoms with van der Waals surface area (Å²) in [5, 5.41) is 2.09. The number of thiophene rings is 1. The van der Waals surface area contributed by atoms with Crippen LogP contribution in [0.25, 0.3) is 0 Å². The van der Waals surface area contributed by atoms with Gasteiger partial charge in [0.25, 0.3) is 0 Å². The van der Waals surface area contributed by atoms with E-state index in [0.717, 1.165) is 12.8 Å². The summed E-state index contributed by atoms with van der Waals surface area (Å²) in [6.45, 7) is 2.12. The van der Waals surface area contributed by atoms with Gasteiger partial charge >= 0.3 is 0 Å². The molecule has 1 rings (SSSR count). The van der Waals surface area contributed by atoms with Gasteiger partial charge in [0.15, 0.2) is 0 Å². The molecule has 1 nitrogen and oxygen atoms in total. The van der Waals surface area contributed by atoms with Gasteiger partial charge in [0.2, 0.25) is 0 Å². The molecule has 0 aliphatic heterocycles. The molecule has 0 saturated heterocycles. The fraction of sp³-hybridized carbons (Fsp3) is 0.500. The molecule has 0 fully saturated rings. The smallest absolute Gasteiger partial charge is 0.0285 e. The third-order valence-corrected chi connectivity index (χ3v) is 3.33. The highest BCUT2D eigenvalue weighted by atomic mass is 79.9. The largest absolute Gasteiger partial charge is 0.327 e. The Morgan fingerprint density at radius 1 is 1.67 bits per heavy atom. The van der Waals surface area contributed by atoms with E-state index in [2.05, 4.69) is 34.3 Å². The molecular weight excluding hydrogens is 258 g/mol. The van der Waals surface area contributed by atoms with E-state index < -0.39 is 0 Å². The van der Waals surface area contributed by atoms with Crippen LogP contribution in [0.4, 0.5) is 0 Å². The third kappa shape index (κ3) is 3.90. The van der Waals surface area contributed by atoms with Gasteiger partial charge in [-0.05, 0) is 34.8 Å². The van der Waals surface area contributed by atoms with Gasteiger partial charge in [0.1, 0.15) is 0 Å². The molecule has 0 spiro atoms. The summed E-state index contributed by atoms with van der Waals surface area (Å²) in [5.41, 5.74) is 5.81. The van der Waals surface area contributed by atoms with Crippen LogP contribution < -0.4 is 5.73 Å². The lowest BCUT2D eigenvalue weighted by atomic mass is 10.1. The number of rotatable bonds is 3. The standard InChI is InChI=1S/C8H12BrNS.ClH/c1-2-7(10)4-8-3-6(9)5-11-8;/h3,5,7H,2,4,10H2,1H3;1H. The first-order chi connectivity index (χ1) is 5.22. The molecule has 1 aromatic heterocycles. The second kappa shape index (κ2) is 5.97. The molecule has 0 bridgehead atoms. The molecule has 0 aliphatic rings. The van der Waals surface area contributed by atoms with Crippen molar-refractivity contribution in [3.8, 4) is 0 Å². The van der Waals surface area contributed by atoms with Crippen LogP contribution in [-0.4, -0.2) is 6.04 Å². The molecule has 0 amide bonds. The molecule has 12 heavy (non-hydrogen) atoms. The van der Waals surface area contributed by atoms with Gasteiger partial charge in [-0.15, -0.1) is 23.7 Å². The van der Waals surface area contributed by atoms with Crippen molar-refractivity contribution in [1.29, 1.82) is 0 Å². The molecule has 0 aromatic carbocycles. The predicted octanol–water partition coefficient (Wildman–Crippen LogP) is 3.21. The van der Waals surface area contributed by atoms with Gasteiger partial charge in [-0.3, -0.25) is 0 Å². The molecule has 1 aromatic rings. The quantitative estimate of drug-likeness (QED) is 0.897. The zero-order chi connectivity index (χ0) is 8.27. The maximum atomic E-state index is 5.81. The summed E-state index contributed by atoms with van der Waals surface area (Å²) in [5.74, 6) is 0. The van der Waals surface area contributed by atoms with Crippen LogP contribution >= 0.6 is 39.7 Å². The second-order valence-corrected chi connectivity index (χ2v) is 4.52. The predicted molar refractivity (Wildman–Crippen MR) is 61.2 cm³/mol. The van der Waals surface area contributed by atoms with Crippen LogP contribution in [0.1, 0.15) is 18.2 Å². The van der Waals surface area contributed by atoms with Gasteiger partial charge in [-0.1, -0.05) is 6.92 Å². The van der Waals surface area contributed by atoms with Gasteiger partial charge in [-0.25, -0.2) is 0 Å². The first-order valence-electron chi connectivity index (χ1n) is 3.71. The second-order valence-electron chi connectivity index (χ2n) is 2.60. The van der Waals surface area contributed by atoms with Crippen molar-refractivity contribution in [3.63, 3.8) is 0 Å². The minimum absolute atomic E-state index is 0. The molecule has 0 radical (unpaired) electrons. The lowest BCUT2D eigenvalue weighted by molar-refractivity contribution is 0.652. The van der Waals surface area contributed by atoms with Crippen LogP contribution in [0, 0.1) is 0 Å². The molecule has 1 unspecified atom stereocenters. The number of hydrogen-bond acceptors (Lipinski definition) is 2. The van der Waals surface area contributed by atoms with E-state index in [4.69, 9.17) is 5.73 Å². The fourth-order valence-corrected chi connectivity index (χ4v) is 2.41.